The zero-order valence-corrected chi connectivity index (χ0v) is 13.7. The Morgan fingerprint density at radius 2 is 1.77 bits per heavy atom. The van der Waals surface area contributed by atoms with E-state index in [0.29, 0.717) is 17.5 Å². The lowest BCUT2D eigenvalue weighted by atomic mass is 9.99. The number of aromatic nitrogens is 2. The third-order valence-electron chi connectivity index (χ3n) is 3.90. The molecule has 0 aliphatic rings. The summed E-state index contributed by atoms with van der Waals surface area (Å²) in [5.41, 5.74) is 13.2. The highest BCUT2D eigenvalue weighted by molar-refractivity contribution is 5.97. The van der Waals surface area contributed by atoms with Gasteiger partial charge in [0.15, 0.2) is 5.84 Å². The lowest BCUT2D eigenvalue weighted by Gasteiger charge is -2.08. The van der Waals surface area contributed by atoms with Crippen LogP contribution >= 0.6 is 0 Å². The fraction of sp³-hybridized carbons (Fsp3) is 0.111. The van der Waals surface area contributed by atoms with Crippen LogP contribution in [0.4, 0.5) is 0 Å². The largest absolute Gasteiger partial charge is 0.420 e. The third kappa shape index (κ3) is 3.69. The number of nitrogens with zero attached hydrogens (tertiary/aromatic N) is 3. The van der Waals surface area contributed by atoms with Crippen molar-refractivity contribution in [3.8, 4) is 11.5 Å². The second-order valence-electron chi connectivity index (χ2n) is 5.65. The molecule has 0 fully saturated rings. The van der Waals surface area contributed by atoms with Crippen LogP contribution in [0.1, 0.15) is 22.9 Å². The standard InChI is InChI=1S/C18H17N5O3/c19-15(23-25)12-6-8-13(9-7-12)17-21-22-18(26-17)14(16(20)24)10-11-4-2-1-3-5-11/h1-9,14,25H,10H2,(H2,19,23)(H2,20,24). The Balaban J connectivity index is 1.84. The molecule has 0 saturated heterocycles. The monoisotopic (exact) mass is 351 g/mol. The zero-order valence-electron chi connectivity index (χ0n) is 13.7. The van der Waals surface area contributed by atoms with Crippen molar-refractivity contribution in [1.82, 2.24) is 10.2 Å². The normalized spacial score (nSPS) is 12.7. The van der Waals surface area contributed by atoms with Gasteiger partial charge in [0.05, 0.1) is 0 Å². The van der Waals surface area contributed by atoms with Crippen molar-refractivity contribution in [3.63, 3.8) is 0 Å². The van der Waals surface area contributed by atoms with Crippen LogP contribution in [0.5, 0.6) is 0 Å². The molecule has 0 bridgehead atoms. The summed E-state index contributed by atoms with van der Waals surface area (Å²) in [6.07, 6.45) is 0.375. The second kappa shape index (κ2) is 7.47. The highest BCUT2D eigenvalue weighted by Gasteiger charge is 2.25. The Morgan fingerprint density at radius 3 is 2.38 bits per heavy atom. The van der Waals surface area contributed by atoms with Gasteiger partial charge in [-0.15, -0.1) is 10.2 Å². The fourth-order valence-corrected chi connectivity index (χ4v) is 2.49. The summed E-state index contributed by atoms with van der Waals surface area (Å²) >= 11 is 0. The third-order valence-corrected chi connectivity index (χ3v) is 3.90. The van der Waals surface area contributed by atoms with Gasteiger partial charge in [-0.1, -0.05) is 47.6 Å². The molecule has 8 heteroatoms. The first-order valence-corrected chi connectivity index (χ1v) is 7.83. The van der Waals surface area contributed by atoms with Gasteiger partial charge < -0.3 is 21.1 Å². The molecule has 0 spiro atoms. The van der Waals surface area contributed by atoms with E-state index in [9.17, 15) is 4.79 Å². The summed E-state index contributed by atoms with van der Waals surface area (Å²) in [5, 5.41) is 19.6. The predicted molar refractivity (Wildman–Crippen MR) is 94.3 cm³/mol. The van der Waals surface area contributed by atoms with Gasteiger partial charge >= 0.3 is 0 Å². The number of carbonyl (C=O) groups excluding carboxylic acids is 1. The first-order valence-electron chi connectivity index (χ1n) is 7.83. The maximum Gasteiger partial charge on any atom is 0.247 e. The number of nitrogens with two attached hydrogens (primary N) is 2. The van der Waals surface area contributed by atoms with Gasteiger partial charge in [-0.05, 0) is 24.1 Å². The maximum atomic E-state index is 11.8. The molecule has 132 valence electrons. The van der Waals surface area contributed by atoms with Crippen LogP contribution in [0.25, 0.3) is 11.5 Å². The molecule has 0 radical (unpaired) electrons. The zero-order chi connectivity index (χ0) is 18.5. The summed E-state index contributed by atoms with van der Waals surface area (Å²) in [5.74, 6) is -0.830. The lowest BCUT2D eigenvalue weighted by Crippen LogP contribution is -2.23. The molecule has 8 nitrogen and oxygen atoms in total. The van der Waals surface area contributed by atoms with Gasteiger partial charge in [0.1, 0.15) is 5.92 Å². The van der Waals surface area contributed by atoms with Gasteiger partial charge in [-0.25, -0.2) is 0 Å². The number of carbonyl (C=O) groups is 1. The molecule has 1 unspecified atom stereocenters. The highest BCUT2D eigenvalue weighted by Crippen LogP contribution is 2.24. The summed E-state index contributed by atoms with van der Waals surface area (Å²) in [6, 6.07) is 16.2. The molecule has 3 rings (SSSR count). The molecule has 1 amide bonds. The van der Waals surface area contributed by atoms with E-state index >= 15 is 0 Å². The van der Waals surface area contributed by atoms with Gasteiger partial charge in [0.2, 0.25) is 17.7 Å². The molecule has 26 heavy (non-hydrogen) atoms. The Kier molecular flexibility index (Phi) is 4.93. The van der Waals surface area contributed by atoms with Crippen molar-refractivity contribution in [3.05, 3.63) is 71.6 Å². The van der Waals surface area contributed by atoms with Crippen molar-refractivity contribution in [2.45, 2.75) is 12.3 Å². The first kappa shape index (κ1) is 17.2. The summed E-state index contributed by atoms with van der Waals surface area (Å²) in [4.78, 5) is 11.8. The van der Waals surface area contributed by atoms with Crippen molar-refractivity contribution in [2.24, 2.45) is 16.6 Å². The number of primary amides is 1. The predicted octanol–water partition coefficient (Wildman–Crippen LogP) is 1.64. The van der Waals surface area contributed by atoms with E-state index in [4.69, 9.17) is 21.1 Å². The van der Waals surface area contributed by atoms with Crippen LogP contribution in [0.2, 0.25) is 0 Å². The Hall–Kier alpha value is -3.68. The highest BCUT2D eigenvalue weighted by atomic mass is 16.4. The molecule has 3 aromatic rings. The first-order chi connectivity index (χ1) is 12.6. The van der Waals surface area contributed by atoms with E-state index in [-0.39, 0.29) is 17.6 Å². The van der Waals surface area contributed by atoms with Crippen LogP contribution in [0.15, 0.2) is 64.2 Å². The average molecular weight is 351 g/mol. The van der Waals surface area contributed by atoms with Crippen molar-refractivity contribution < 1.29 is 14.4 Å². The minimum Gasteiger partial charge on any atom is -0.420 e. The van der Waals surface area contributed by atoms with E-state index in [1.165, 1.54) is 0 Å². The van der Waals surface area contributed by atoms with E-state index in [1.807, 2.05) is 30.3 Å². The van der Waals surface area contributed by atoms with Gasteiger partial charge in [-0.3, -0.25) is 4.79 Å². The van der Waals surface area contributed by atoms with Crippen molar-refractivity contribution >= 4 is 11.7 Å². The number of benzene rings is 2. The lowest BCUT2D eigenvalue weighted by molar-refractivity contribution is -0.119. The van der Waals surface area contributed by atoms with Gasteiger partial charge in [0.25, 0.3) is 0 Å². The number of amides is 1. The topological polar surface area (TPSA) is 141 Å². The van der Waals surface area contributed by atoms with Crippen molar-refractivity contribution in [1.29, 1.82) is 0 Å². The molecule has 1 heterocycles. The Labute approximate surface area is 149 Å². The number of rotatable bonds is 6. The number of amidine groups is 1. The fourth-order valence-electron chi connectivity index (χ4n) is 2.49. The van der Waals surface area contributed by atoms with E-state index < -0.39 is 11.8 Å². The van der Waals surface area contributed by atoms with Crippen LogP contribution < -0.4 is 11.5 Å². The number of hydrogen-bond donors (Lipinski definition) is 3. The molecule has 1 atom stereocenters. The minimum absolute atomic E-state index is 0.000535. The molecule has 1 aromatic heterocycles. The second-order valence-corrected chi connectivity index (χ2v) is 5.65. The van der Waals surface area contributed by atoms with E-state index in [0.717, 1.165) is 5.56 Å². The smallest absolute Gasteiger partial charge is 0.247 e. The molecule has 0 saturated carbocycles. The molecular weight excluding hydrogens is 334 g/mol. The quantitative estimate of drug-likeness (QED) is 0.267. The Morgan fingerprint density at radius 1 is 1.08 bits per heavy atom. The average Bonchev–Trinajstić information content (AvgIpc) is 3.16. The SMILES string of the molecule is NC(=O)C(Cc1ccccc1)c1nnc(-c2ccc(/C(N)=N/O)cc2)o1. The van der Waals surface area contributed by atoms with Crippen molar-refractivity contribution in [2.75, 3.05) is 0 Å². The van der Waals surface area contributed by atoms with E-state index in [2.05, 4.69) is 15.4 Å². The number of hydrogen-bond acceptors (Lipinski definition) is 6. The van der Waals surface area contributed by atoms with Crippen LogP contribution in [-0.2, 0) is 11.2 Å². The summed E-state index contributed by atoms with van der Waals surface area (Å²) in [7, 11) is 0. The summed E-state index contributed by atoms with van der Waals surface area (Å²) in [6.45, 7) is 0. The molecule has 5 N–H and O–H groups in total. The maximum absolute atomic E-state index is 11.8. The van der Waals surface area contributed by atoms with Crippen LogP contribution in [-0.4, -0.2) is 27.1 Å². The van der Waals surface area contributed by atoms with Gasteiger partial charge in [-0.2, -0.15) is 0 Å². The minimum atomic E-state index is -0.713. The summed E-state index contributed by atoms with van der Waals surface area (Å²) < 4.78 is 5.66. The Bertz CT molecular complexity index is 920. The molecule has 0 aliphatic heterocycles. The van der Waals surface area contributed by atoms with E-state index in [1.54, 1.807) is 24.3 Å². The molecular formula is C18H17N5O3. The van der Waals surface area contributed by atoms with Crippen LogP contribution in [0, 0.1) is 0 Å². The number of oxime groups is 1. The molecule has 0 aliphatic carbocycles. The van der Waals surface area contributed by atoms with Crippen LogP contribution in [0.3, 0.4) is 0 Å². The van der Waals surface area contributed by atoms with Gasteiger partial charge in [0, 0.05) is 11.1 Å². The molecule has 2 aromatic carbocycles.